The van der Waals surface area contributed by atoms with Crippen molar-refractivity contribution in [3.63, 3.8) is 0 Å². The first kappa shape index (κ1) is 13.0. The molecular formula is C9H18NOU-. The molecule has 12 heavy (non-hydrogen) atoms. The Kier molecular flexibility index (Phi) is 7.98. The molecule has 70 valence electrons. The zero-order valence-electron chi connectivity index (χ0n) is 7.97. The van der Waals surface area contributed by atoms with Crippen LogP contribution in [0, 0.1) is 43.6 Å². The van der Waals surface area contributed by atoms with Gasteiger partial charge >= 0.3 is 0 Å². The topological polar surface area (TPSA) is 21.3 Å². The third kappa shape index (κ3) is 4.87. The molecule has 0 heterocycles. The van der Waals surface area contributed by atoms with Gasteiger partial charge in [0, 0.05) is 37.7 Å². The van der Waals surface area contributed by atoms with Crippen molar-refractivity contribution >= 4 is 0 Å². The van der Waals surface area contributed by atoms with Crippen LogP contribution in [0.25, 0.3) is 0 Å². The Morgan fingerprint density at radius 1 is 1.58 bits per heavy atom. The maximum Gasteiger partial charge on any atom is 0.00826 e. The van der Waals surface area contributed by atoms with Crippen molar-refractivity contribution in [2.75, 3.05) is 13.7 Å². The fraction of sp³-hybridized carbons (Fsp3) is 0.889. The van der Waals surface area contributed by atoms with Crippen LogP contribution in [0.2, 0.25) is 0 Å². The SMILES string of the molecule is CCO[CH-]CC(NC)C1CC1.[U]. The van der Waals surface area contributed by atoms with Crippen LogP contribution in [0.3, 0.4) is 0 Å². The van der Waals surface area contributed by atoms with Gasteiger partial charge in [0.1, 0.15) is 0 Å². The molecule has 1 rings (SSSR count). The van der Waals surface area contributed by atoms with Gasteiger partial charge < -0.3 is 10.1 Å². The first-order valence-corrected chi connectivity index (χ1v) is 4.49. The average Bonchev–Trinajstić information content (AvgIpc) is 2.81. The third-order valence-electron chi connectivity index (χ3n) is 2.20. The van der Waals surface area contributed by atoms with E-state index in [0.29, 0.717) is 6.04 Å². The van der Waals surface area contributed by atoms with E-state index in [-0.39, 0.29) is 31.1 Å². The number of hydrogen-bond donors (Lipinski definition) is 1. The molecule has 0 aromatic rings. The van der Waals surface area contributed by atoms with E-state index in [1.54, 1.807) is 0 Å². The maximum atomic E-state index is 5.18. The molecule has 1 unspecified atom stereocenters. The minimum Gasteiger partial charge on any atom is -0.552 e. The molecule has 0 bridgehead atoms. The molecule has 1 atom stereocenters. The van der Waals surface area contributed by atoms with Crippen LogP contribution in [0.5, 0.6) is 0 Å². The fourth-order valence-electron chi connectivity index (χ4n) is 1.33. The monoisotopic (exact) mass is 394 g/mol. The zero-order chi connectivity index (χ0) is 8.10. The van der Waals surface area contributed by atoms with Crippen LogP contribution in [0.15, 0.2) is 0 Å². The predicted molar refractivity (Wildman–Crippen MR) is 46.1 cm³/mol. The Hall–Kier alpha value is 0.972. The van der Waals surface area contributed by atoms with Crippen LogP contribution in [0.1, 0.15) is 26.2 Å². The maximum absolute atomic E-state index is 5.18. The molecule has 0 saturated heterocycles. The van der Waals surface area contributed by atoms with Gasteiger partial charge in [-0.1, -0.05) is 0 Å². The van der Waals surface area contributed by atoms with E-state index >= 15 is 0 Å². The van der Waals surface area contributed by atoms with Gasteiger partial charge in [-0.3, -0.25) is 0 Å². The van der Waals surface area contributed by atoms with Crippen molar-refractivity contribution in [1.82, 2.24) is 5.32 Å². The molecule has 0 amide bonds. The summed E-state index contributed by atoms with van der Waals surface area (Å²) < 4.78 is 5.18. The van der Waals surface area contributed by atoms with Crippen molar-refractivity contribution in [3.8, 4) is 0 Å². The Balaban J connectivity index is 0.00000121. The molecule has 1 N–H and O–H groups in total. The van der Waals surface area contributed by atoms with Crippen LogP contribution >= 0.6 is 0 Å². The number of rotatable bonds is 6. The number of nitrogens with one attached hydrogen (secondary N) is 1. The second-order valence-corrected chi connectivity index (χ2v) is 3.09. The van der Waals surface area contributed by atoms with Crippen LogP contribution in [-0.4, -0.2) is 19.7 Å². The molecule has 0 aromatic carbocycles. The van der Waals surface area contributed by atoms with Crippen molar-refractivity contribution in [2.45, 2.75) is 32.2 Å². The second kappa shape index (κ2) is 7.38. The standard InChI is InChI=1S/C9H18NO.U/c1-3-11-7-6-9(10-2)8-4-5-8;/h7-10H,3-6H2,1-2H3;/q-1;. The molecular weight excluding hydrogens is 376 g/mol. The molecule has 0 spiro atoms. The van der Waals surface area contributed by atoms with Crippen molar-refractivity contribution in [3.05, 3.63) is 6.61 Å². The Morgan fingerprint density at radius 3 is 2.67 bits per heavy atom. The normalized spacial score (nSPS) is 18.5. The summed E-state index contributed by atoms with van der Waals surface area (Å²) in [5, 5.41) is 3.31. The van der Waals surface area contributed by atoms with E-state index in [0.717, 1.165) is 18.9 Å². The van der Waals surface area contributed by atoms with E-state index in [2.05, 4.69) is 5.32 Å². The Labute approximate surface area is 99.2 Å². The van der Waals surface area contributed by atoms with E-state index in [1.165, 1.54) is 12.8 Å². The molecule has 0 radical (unpaired) electrons. The second-order valence-electron chi connectivity index (χ2n) is 3.09. The summed E-state index contributed by atoms with van der Waals surface area (Å²) in [7, 11) is 2.03. The molecule has 1 fully saturated rings. The van der Waals surface area contributed by atoms with Crippen molar-refractivity contribution in [1.29, 1.82) is 0 Å². The van der Waals surface area contributed by atoms with Gasteiger partial charge in [-0.05, 0) is 38.8 Å². The summed E-state index contributed by atoms with van der Waals surface area (Å²) in [6.45, 7) is 4.74. The van der Waals surface area contributed by atoms with Gasteiger partial charge in [-0.25, -0.2) is 6.61 Å². The van der Waals surface area contributed by atoms with Crippen LogP contribution in [0.4, 0.5) is 0 Å². The molecule has 3 heteroatoms. The average molecular weight is 394 g/mol. The Bertz CT molecular complexity index is 107. The molecule has 0 aromatic heterocycles. The molecule has 2 nitrogen and oxygen atoms in total. The summed E-state index contributed by atoms with van der Waals surface area (Å²) in [6.07, 6.45) is 3.84. The molecule has 1 aliphatic rings. The van der Waals surface area contributed by atoms with Crippen molar-refractivity contribution < 1.29 is 35.9 Å². The first-order valence-electron chi connectivity index (χ1n) is 4.49. The summed E-state index contributed by atoms with van der Waals surface area (Å²) >= 11 is 0. The summed E-state index contributed by atoms with van der Waals surface area (Å²) in [6, 6.07) is 0.654. The van der Waals surface area contributed by atoms with Gasteiger partial charge in [0.25, 0.3) is 0 Å². The Morgan fingerprint density at radius 2 is 2.25 bits per heavy atom. The number of hydrogen-bond acceptors (Lipinski definition) is 2. The molecule has 1 aliphatic carbocycles. The summed E-state index contributed by atoms with van der Waals surface area (Å²) in [4.78, 5) is 0. The van der Waals surface area contributed by atoms with Crippen LogP contribution < -0.4 is 5.32 Å². The predicted octanol–water partition coefficient (Wildman–Crippen LogP) is 1.57. The number of ether oxygens (including phenoxy) is 1. The fourth-order valence-corrected chi connectivity index (χ4v) is 1.33. The van der Waals surface area contributed by atoms with Crippen molar-refractivity contribution in [2.24, 2.45) is 5.92 Å². The summed E-state index contributed by atoms with van der Waals surface area (Å²) in [5.74, 6) is 0.914. The van der Waals surface area contributed by atoms with E-state index < -0.39 is 0 Å². The first-order chi connectivity index (χ1) is 5.38. The van der Waals surface area contributed by atoms with Gasteiger partial charge in [0.05, 0.1) is 0 Å². The summed E-state index contributed by atoms with van der Waals surface area (Å²) in [5.41, 5.74) is 0. The quantitative estimate of drug-likeness (QED) is 0.546. The zero-order valence-corrected chi connectivity index (χ0v) is 12.1. The minimum absolute atomic E-state index is 0. The van der Waals surface area contributed by atoms with Crippen LogP contribution in [-0.2, 0) is 4.74 Å². The smallest absolute Gasteiger partial charge is 0.00826 e. The molecule has 0 aliphatic heterocycles. The van der Waals surface area contributed by atoms with E-state index in [1.807, 2.05) is 20.6 Å². The van der Waals surface area contributed by atoms with Gasteiger partial charge in [0.15, 0.2) is 0 Å². The van der Waals surface area contributed by atoms with E-state index in [9.17, 15) is 0 Å². The van der Waals surface area contributed by atoms with E-state index in [4.69, 9.17) is 4.74 Å². The minimum atomic E-state index is 0. The van der Waals surface area contributed by atoms with Gasteiger partial charge in [0.2, 0.25) is 0 Å². The third-order valence-corrected chi connectivity index (χ3v) is 2.20. The van der Waals surface area contributed by atoms with Gasteiger partial charge in [-0.15, -0.1) is 6.42 Å². The van der Waals surface area contributed by atoms with Gasteiger partial charge in [-0.2, -0.15) is 0 Å². The largest absolute Gasteiger partial charge is 0.552 e. The molecule has 1 saturated carbocycles.